The van der Waals surface area contributed by atoms with Gasteiger partial charge in [-0.2, -0.15) is 0 Å². The van der Waals surface area contributed by atoms with Gasteiger partial charge in [0.1, 0.15) is 0 Å². The van der Waals surface area contributed by atoms with Gasteiger partial charge in [0, 0.05) is 0 Å². The third-order valence-electron chi connectivity index (χ3n) is 4.99. The van der Waals surface area contributed by atoms with Gasteiger partial charge in [-0.1, -0.05) is 66.7 Å². The molecule has 1 N–H and O–H groups in total. The molecule has 0 fully saturated rings. The van der Waals surface area contributed by atoms with E-state index in [4.69, 9.17) is 0 Å². The van der Waals surface area contributed by atoms with Crippen molar-refractivity contribution in [2.75, 3.05) is 0 Å². The van der Waals surface area contributed by atoms with Crippen molar-refractivity contribution in [1.29, 1.82) is 0 Å². The van der Waals surface area contributed by atoms with Crippen LogP contribution in [0.4, 0.5) is 0 Å². The van der Waals surface area contributed by atoms with E-state index in [1.807, 2.05) is 12.1 Å². The maximum absolute atomic E-state index is 11.2. The molecule has 0 spiro atoms. The van der Waals surface area contributed by atoms with Crippen LogP contribution in [0, 0.1) is 0 Å². The second-order valence-corrected chi connectivity index (χ2v) is 6.35. The molecule has 25 heavy (non-hydrogen) atoms. The smallest absolute Gasteiger partial charge is 0.335 e. The standard InChI is InChI=1S/C23H14O2/c24-23(25)16-7-8-18-15(13-16)6-10-22-20(18)12-11-19-17-4-2-1-3-14(17)5-9-21(19)22/h1-13H,(H,24,25). The van der Waals surface area contributed by atoms with E-state index in [1.54, 1.807) is 12.1 Å². The lowest BCUT2D eigenvalue weighted by molar-refractivity contribution is 0.0697. The van der Waals surface area contributed by atoms with E-state index in [0.29, 0.717) is 5.56 Å². The van der Waals surface area contributed by atoms with Crippen LogP contribution in [0.2, 0.25) is 0 Å². The van der Waals surface area contributed by atoms with Crippen molar-refractivity contribution < 1.29 is 9.90 Å². The molecule has 0 aliphatic carbocycles. The number of carbonyl (C=O) groups is 1. The van der Waals surface area contributed by atoms with Crippen LogP contribution in [-0.2, 0) is 0 Å². The highest BCUT2D eigenvalue weighted by Crippen LogP contribution is 2.34. The summed E-state index contributed by atoms with van der Waals surface area (Å²) in [6, 6.07) is 26.5. The molecule has 5 rings (SSSR count). The monoisotopic (exact) mass is 322 g/mol. The topological polar surface area (TPSA) is 37.3 Å². The van der Waals surface area contributed by atoms with Crippen molar-refractivity contribution in [2.45, 2.75) is 0 Å². The van der Waals surface area contributed by atoms with E-state index in [0.717, 1.165) is 16.2 Å². The number of hydrogen-bond acceptors (Lipinski definition) is 1. The Bertz CT molecular complexity index is 1320. The fraction of sp³-hybridized carbons (Fsp3) is 0. The molecule has 0 aromatic heterocycles. The minimum Gasteiger partial charge on any atom is -0.478 e. The van der Waals surface area contributed by atoms with Gasteiger partial charge in [0.15, 0.2) is 0 Å². The van der Waals surface area contributed by atoms with Crippen molar-refractivity contribution in [1.82, 2.24) is 0 Å². The van der Waals surface area contributed by atoms with Gasteiger partial charge in [0.2, 0.25) is 0 Å². The van der Waals surface area contributed by atoms with Gasteiger partial charge in [-0.05, 0) is 55.2 Å². The maximum Gasteiger partial charge on any atom is 0.335 e. The summed E-state index contributed by atoms with van der Waals surface area (Å²) in [5.74, 6) is -0.896. The van der Waals surface area contributed by atoms with E-state index >= 15 is 0 Å². The normalized spacial score (nSPS) is 11.5. The number of hydrogen-bond donors (Lipinski definition) is 1. The third kappa shape index (κ3) is 2.01. The number of carboxylic acid groups (broad SMARTS) is 1. The average molecular weight is 322 g/mol. The number of carboxylic acids is 1. The zero-order valence-corrected chi connectivity index (χ0v) is 13.4. The molecule has 0 amide bonds. The second kappa shape index (κ2) is 5.05. The molecular weight excluding hydrogens is 308 g/mol. The summed E-state index contributed by atoms with van der Waals surface area (Å²) >= 11 is 0. The van der Waals surface area contributed by atoms with Crippen LogP contribution >= 0.6 is 0 Å². The number of aromatic carboxylic acids is 1. The van der Waals surface area contributed by atoms with Crippen molar-refractivity contribution >= 4 is 49.1 Å². The van der Waals surface area contributed by atoms with E-state index < -0.39 is 5.97 Å². The zero-order valence-electron chi connectivity index (χ0n) is 13.4. The Labute approximate surface area is 143 Å². The van der Waals surface area contributed by atoms with Crippen LogP contribution in [0.3, 0.4) is 0 Å². The highest BCUT2D eigenvalue weighted by molar-refractivity contribution is 6.22. The second-order valence-electron chi connectivity index (χ2n) is 6.35. The Hall–Kier alpha value is -3.39. The van der Waals surface area contributed by atoms with E-state index in [-0.39, 0.29) is 0 Å². The van der Waals surface area contributed by atoms with E-state index in [9.17, 15) is 9.90 Å². The molecule has 0 saturated carbocycles. The first-order valence-electron chi connectivity index (χ1n) is 8.23. The van der Waals surface area contributed by atoms with Crippen molar-refractivity contribution in [3.63, 3.8) is 0 Å². The molecule has 0 radical (unpaired) electrons. The van der Waals surface area contributed by atoms with Crippen LogP contribution in [0.1, 0.15) is 10.4 Å². The van der Waals surface area contributed by atoms with Gasteiger partial charge in [-0.3, -0.25) is 0 Å². The summed E-state index contributed by atoms with van der Waals surface area (Å²) in [4.78, 5) is 11.2. The van der Waals surface area contributed by atoms with Gasteiger partial charge >= 0.3 is 5.97 Å². The van der Waals surface area contributed by atoms with Gasteiger partial charge in [-0.15, -0.1) is 0 Å². The Kier molecular flexibility index (Phi) is 2.83. The highest BCUT2D eigenvalue weighted by atomic mass is 16.4. The average Bonchev–Trinajstić information content (AvgIpc) is 2.66. The summed E-state index contributed by atoms with van der Waals surface area (Å²) < 4.78 is 0. The molecule has 2 nitrogen and oxygen atoms in total. The summed E-state index contributed by atoms with van der Waals surface area (Å²) in [6.45, 7) is 0. The minimum atomic E-state index is -0.896. The molecule has 0 unspecified atom stereocenters. The fourth-order valence-electron chi connectivity index (χ4n) is 3.78. The molecule has 0 atom stereocenters. The summed E-state index contributed by atoms with van der Waals surface area (Å²) in [5, 5.41) is 18.5. The Morgan fingerprint density at radius 2 is 1.08 bits per heavy atom. The molecule has 5 aromatic carbocycles. The zero-order chi connectivity index (χ0) is 17.0. The van der Waals surface area contributed by atoms with Crippen molar-refractivity contribution in [2.24, 2.45) is 0 Å². The largest absolute Gasteiger partial charge is 0.478 e. The summed E-state index contributed by atoms with van der Waals surface area (Å²) in [5.41, 5.74) is 0.318. The molecule has 0 aliphatic heterocycles. The summed E-state index contributed by atoms with van der Waals surface area (Å²) in [6.07, 6.45) is 0. The van der Waals surface area contributed by atoms with Crippen LogP contribution in [0.25, 0.3) is 43.1 Å². The lowest BCUT2D eigenvalue weighted by Gasteiger charge is -2.10. The first-order chi connectivity index (χ1) is 12.2. The van der Waals surface area contributed by atoms with Gasteiger partial charge < -0.3 is 5.11 Å². The molecular formula is C23H14O2. The van der Waals surface area contributed by atoms with Crippen molar-refractivity contribution in [3.05, 3.63) is 84.4 Å². The number of fused-ring (bicyclic) bond motifs is 7. The van der Waals surface area contributed by atoms with Crippen LogP contribution in [0.5, 0.6) is 0 Å². The predicted octanol–water partition coefficient (Wildman–Crippen LogP) is 6.00. The molecule has 0 bridgehead atoms. The molecule has 118 valence electrons. The minimum absolute atomic E-state index is 0.318. The SMILES string of the molecule is O=C(O)c1ccc2c(ccc3c2ccc2c4ccccc4ccc23)c1. The van der Waals surface area contributed by atoms with E-state index in [1.165, 1.54) is 26.9 Å². The Morgan fingerprint density at radius 3 is 1.80 bits per heavy atom. The van der Waals surface area contributed by atoms with Gasteiger partial charge in [0.25, 0.3) is 0 Å². The molecule has 0 aliphatic rings. The molecule has 5 aromatic rings. The summed E-state index contributed by atoms with van der Waals surface area (Å²) in [7, 11) is 0. The maximum atomic E-state index is 11.2. The fourth-order valence-corrected chi connectivity index (χ4v) is 3.78. The lowest BCUT2D eigenvalue weighted by atomic mass is 9.94. The van der Waals surface area contributed by atoms with Gasteiger partial charge in [-0.25, -0.2) is 4.79 Å². The highest BCUT2D eigenvalue weighted by Gasteiger charge is 2.09. The van der Waals surface area contributed by atoms with Crippen LogP contribution in [0.15, 0.2) is 78.9 Å². The Balaban J connectivity index is 1.91. The van der Waals surface area contributed by atoms with Crippen molar-refractivity contribution in [3.8, 4) is 0 Å². The van der Waals surface area contributed by atoms with Crippen LogP contribution in [-0.4, -0.2) is 11.1 Å². The quantitative estimate of drug-likeness (QED) is 0.384. The Morgan fingerprint density at radius 1 is 0.560 bits per heavy atom. The molecule has 2 heteroatoms. The van der Waals surface area contributed by atoms with E-state index in [2.05, 4.69) is 54.6 Å². The molecule has 0 heterocycles. The predicted molar refractivity (Wildman–Crippen MR) is 103 cm³/mol. The first-order valence-corrected chi connectivity index (χ1v) is 8.23. The number of rotatable bonds is 1. The van der Waals surface area contributed by atoms with Crippen LogP contribution < -0.4 is 0 Å². The lowest BCUT2D eigenvalue weighted by Crippen LogP contribution is -1.95. The van der Waals surface area contributed by atoms with Gasteiger partial charge in [0.05, 0.1) is 5.56 Å². The first kappa shape index (κ1) is 14.0. The number of benzene rings is 5. The third-order valence-corrected chi connectivity index (χ3v) is 4.99. The molecule has 0 saturated heterocycles.